The molecule has 9 heteroatoms. The molecule has 2 aromatic rings. The van der Waals surface area contributed by atoms with E-state index in [1.54, 1.807) is 6.92 Å². The van der Waals surface area contributed by atoms with Crippen LogP contribution in [0.3, 0.4) is 0 Å². The number of carbonyl (C=O) groups is 2. The summed E-state index contributed by atoms with van der Waals surface area (Å²) in [7, 11) is -3.59. The summed E-state index contributed by atoms with van der Waals surface area (Å²) < 4.78 is 27.4. The highest BCUT2D eigenvalue weighted by Gasteiger charge is 2.31. The van der Waals surface area contributed by atoms with Gasteiger partial charge in [0.2, 0.25) is 10.0 Å². The molecule has 0 unspecified atom stereocenters. The van der Waals surface area contributed by atoms with E-state index < -0.39 is 15.9 Å². The third-order valence-electron chi connectivity index (χ3n) is 4.93. The lowest BCUT2D eigenvalue weighted by Gasteiger charge is -2.34. The third kappa shape index (κ3) is 4.73. The Balaban J connectivity index is 1.74. The molecule has 1 aromatic heterocycles. The highest BCUT2D eigenvalue weighted by Crippen LogP contribution is 2.27. The van der Waals surface area contributed by atoms with Crippen LogP contribution >= 0.6 is 11.3 Å². The molecule has 1 N–H and O–H groups in total. The molecule has 2 atom stereocenters. The number of amides is 1. The van der Waals surface area contributed by atoms with Gasteiger partial charge in [-0.2, -0.15) is 4.31 Å². The first kappa shape index (κ1) is 21.6. The Morgan fingerprint density at radius 2 is 1.72 bits per heavy atom. The summed E-state index contributed by atoms with van der Waals surface area (Å²) in [6.45, 7) is 8.31. The van der Waals surface area contributed by atoms with Gasteiger partial charge in [-0.3, -0.25) is 14.9 Å². The predicted molar refractivity (Wildman–Crippen MR) is 113 cm³/mol. The van der Waals surface area contributed by atoms with Gasteiger partial charge >= 0.3 is 0 Å². The number of aryl methyl sites for hydroxylation is 1. The van der Waals surface area contributed by atoms with Crippen LogP contribution in [0.1, 0.15) is 52.9 Å². The Labute approximate surface area is 175 Å². The smallest absolute Gasteiger partial charge is 0.257 e. The van der Waals surface area contributed by atoms with Gasteiger partial charge < -0.3 is 0 Å². The Hall–Kier alpha value is -2.10. The normalized spacial score (nSPS) is 20.4. The van der Waals surface area contributed by atoms with E-state index in [0.29, 0.717) is 46.2 Å². The largest absolute Gasteiger partial charge is 0.298 e. The standard InChI is InChI=1S/C20H25N3O4S2/c1-12-9-13(2)11-23(10-12)29(26,27)17-7-5-16(6-8-17)19(25)22-20-21-14(3)18(28-20)15(4)24/h5-8,12-13H,9-11H2,1-4H3,(H,21,22,25)/t12-,13-/m0/s1. The number of thiazole rings is 1. The van der Waals surface area contributed by atoms with Gasteiger partial charge in [0.25, 0.3) is 5.91 Å². The number of benzene rings is 1. The molecule has 1 aliphatic heterocycles. The number of rotatable bonds is 5. The van der Waals surface area contributed by atoms with Crippen LogP contribution < -0.4 is 5.32 Å². The zero-order chi connectivity index (χ0) is 21.3. The molecule has 29 heavy (non-hydrogen) atoms. The van der Waals surface area contributed by atoms with Crippen molar-refractivity contribution >= 4 is 38.2 Å². The molecule has 1 amide bonds. The zero-order valence-electron chi connectivity index (χ0n) is 16.9. The van der Waals surface area contributed by atoms with E-state index in [2.05, 4.69) is 24.1 Å². The van der Waals surface area contributed by atoms with E-state index in [0.717, 1.165) is 17.8 Å². The van der Waals surface area contributed by atoms with Crippen LogP contribution in [0.2, 0.25) is 0 Å². The molecular weight excluding hydrogens is 410 g/mol. The van der Waals surface area contributed by atoms with E-state index in [4.69, 9.17) is 0 Å². The second-order valence-corrected chi connectivity index (χ2v) is 10.7. The van der Waals surface area contributed by atoms with Crippen molar-refractivity contribution in [2.75, 3.05) is 18.4 Å². The topological polar surface area (TPSA) is 96.4 Å². The Morgan fingerprint density at radius 3 is 2.24 bits per heavy atom. The highest BCUT2D eigenvalue weighted by molar-refractivity contribution is 7.89. The van der Waals surface area contributed by atoms with Crippen molar-refractivity contribution in [2.24, 2.45) is 11.8 Å². The molecule has 7 nitrogen and oxygen atoms in total. The second-order valence-electron chi connectivity index (χ2n) is 7.74. The summed E-state index contributed by atoms with van der Waals surface area (Å²) in [5.41, 5.74) is 0.894. The van der Waals surface area contributed by atoms with Gasteiger partial charge in [-0.1, -0.05) is 25.2 Å². The number of hydrogen-bond donors (Lipinski definition) is 1. The molecule has 3 rings (SSSR count). The number of aromatic nitrogens is 1. The van der Waals surface area contributed by atoms with Crippen LogP contribution in [0.4, 0.5) is 5.13 Å². The third-order valence-corrected chi connectivity index (χ3v) is 7.95. The first-order valence-electron chi connectivity index (χ1n) is 9.48. The average molecular weight is 436 g/mol. The minimum Gasteiger partial charge on any atom is -0.298 e. The Bertz CT molecular complexity index is 1020. The molecule has 0 spiro atoms. The number of ketones is 1. The number of carbonyl (C=O) groups excluding carboxylic acids is 2. The van der Waals surface area contributed by atoms with Crippen LogP contribution in [-0.2, 0) is 10.0 Å². The van der Waals surface area contributed by atoms with Crippen molar-refractivity contribution in [3.63, 3.8) is 0 Å². The molecule has 156 valence electrons. The summed E-state index contributed by atoms with van der Waals surface area (Å²) in [5, 5.41) is 3.00. The first-order chi connectivity index (χ1) is 13.6. The van der Waals surface area contributed by atoms with Gasteiger partial charge in [0.1, 0.15) is 0 Å². The van der Waals surface area contributed by atoms with Crippen LogP contribution in [0.25, 0.3) is 0 Å². The van der Waals surface area contributed by atoms with E-state index in [9.17, 15) is 18.0 Å². The first-order valence-corrected chi connectivity index (χ1v) is 11.7. The number of anilines is 1. The van der Waals surface area contributed by atoms with E-state index in [-0.39, 0.29) is 10.7 Å². The lowest BCUT2D eigenvalue weighted by Crippen LogP contribution is -2.42. The van der Waals surface area contributed by atoms with E-state index in [1.807, 2.05) is 0 Å². The number of piperidine rings is 1. The number of sulfonamides is 1. The fourth-order valence-corrected chi connectivity index (χ4v) is 6.21. The van der Waals surface area contributed by atoms with E-state index >= 15 is 0 Å². The van der Waals surface area contributed by atoms with Gasteiger partial charge in [-0.25, -0.2) is 13.4 Å². The summed E-state index contributed by atoms with van der Waals surface area (Å²) in [6, 6.07) is 5.90. The number of nitrogens with one attached hydrogen (secondary N) is 1. The van der Waals surface area contributed by atoms with Gasteiger partial charge in [-0.05, 0) is 49.4 Å². The number of nitrogens with zero attached hydrogens (tertiary/aromatic N) is 2. The maximum absolute atomic E-state index is 12.9. The number of Topliss-reactive ketones (excluding diaryl/α,β-unsaturated/α-hetero) is 1. The maximum atomic E-state index is 12.9. The SMILES string of the molecule is CC(=O)c1sc(NC(=O)c2ccc(S(=O)(=O)N3C[C@@H](C)C[C@H](C)C3)cc2)nc1C. The van der Waals surface area contributed by atoms with Crippen molar-refractivity contribution < 1.29 is 18.0 Å². The monoisotopic (exact) mass is 435 g/mol. The van der Waals surface area contributed by atoms with Crippen molar-refractivity contribution in [3.05, 3.63) is 40.4 Å². The minimum absolute atomic E-state index is 0.101. The quantitative estimate of drug-likeness (QED) is 0.724. The molecule has 0 aliphatic carbocycles. The fourth-order valence-electron chi connectivity index (χ4n) is 3.68. The molecule has 2 heterocycles. The van der Waals surface area contributed by atoms with E-state index in [1.165, 1.54) is 35.5 Å². The maximum Gasteiger partial charge on any atom is 0.257 e. The summed E-state index contributed by atoms with van der Waals surface area (Å²) in [4.78, 5) is 28.9. The van der Waals surface area contributed by atoms with Crippen LogP contribution in [0, 0.1) is 18.8 Å². The number of hydrogen-bond acceptors (Lipinski definition) is 6. The minimum atomic E-state index is -3.59. The molecule has 0 bridgehead atoms. The highest BCUT2D eigenvalue weighted by atomic mass is 32.2. The van der Waals surface area contributed by atoms with Crippen molar-refractivity contribution in [1.29, 1.82) is 0 Å². The van der Waals surface area contributed by atoms with Crippen LogP contribution in [0.5, 0.6) is 0 Å². The molecule has 1 aromatic carbocycles. The van der Waals surface area contributed by atoms with Gasteiger partial charge in [0, 0.05) is 25.6 Å². The van der Waals surface area contributed by atoms with Gasteiger partial charge in [0.05, 0.1) is 15.5 Å². The zero-order valence-corrected chi connectivity index (χ0v) is 18.6. The molecule has 1 aliphatic rings. The lowest BCUT2D eigenvalue weighted by atomic mass is 9.94. The van der Waals surface area contributed by atoms with Crippen molar-refractivity contribution in [1.82, 2.24) is 9.29 Å². The van der Waals surface area contributed by atoms with Gasteiger partial charge in [0.15, 0.2) is 10.9 Å². The molecule has 0 radical (unpaired) electrons. The Morgan fingerprint density at radius 1 is 1.14 bits per heavy atom. The summed E-state index contributed by atoms with van der Waals surface area (Å²) in [5.74, 6) is 0.134. The predicted octanol–water partition coefficient (Wildman–Crippen LogP) is 3.57. The molecule has 0 saturated carbocycles. The van der Waals surface area contributed by atoms with Crippen LogP contribution in [0.15, 0.2) is 29.2 Å². The van der Waals surface area contributed by atoms with Gasteiger partial charge in [-0.15, -0.1) is 0 Å². The summed E-state index contributed by atoms with van der Waals surface area (Å²) >= 11 is 1.12. The molecule has 1 fully saturated rings. The second kappa shape index (κ2) is 8.33. The van der Waals surface area contributed by atoms with Crippen molar-refractivity contribution in [3.8, 4) is 0 Å². The molecular formula is C20H25N3O4S2. The summed E-state index contributed by atoms with van der Waals surface area (Å²) in [6.07, 6.45) is 1.02. The fraction of sp³-hybridized carbons (Fsp3) is 0.450. The van der Waals surface area contributed by atoms with Crippen molar-refractivity contribution in [2.45, 2.75) is 39.0 Å². The van der Waals surface area contributed by atoms with Crippen LogP contribution in [-0.4, -0.2) is 42.5 Å². The lowest BCUT2D eigenvalue weighted by molar-refractivity contribution is 0.101. The Kier molecular flexibility index (Phi) is 6.21. The average Bonchev–Trinajstić information content (AvgIpc) is 3.01. The molecule has 1 saturated heterocycles.